The van der Waals surface area contributed by atoms with E-state index in [9.17, 15) is 13.2 Å². The molecule has 2 aliphatic heterocycles. The van der Waals surface area contributed by atoms with Crippen LogP contribution in [0.5, 0.6) is 0 Å². The molecule has 0 bridgehead atoms. The number of ether oxygens (including phenoxy) is 1. The summed E-state index contributed by atoms with van der Waals surface area (Å²) in [4.78, 5) is 2.26. The maximum Gasteiger partial charge on any atom is 0.168 e. The van der Waals surface area contributed by atoms with E-state index in [1.165, 1.54) is 6.07 Å². The maximum atomic E-state index is 14.0. The summed E-state index contributed by atoms with van der Waals surface area (Å²) in [6.07, 6.45) is 3.64. The molecule has 5 nitrogen and oxygen atoms in total. The Kier molecular flexibility index (Phi) is 6.17. The third-order valence-electron chi connectivity index (χ3n) is 8.12. The van der Waals surface area contributed by atoms with Gasteiger partial charge in [0, 0.05) is 44.0 Å². The molecule has 3 heterocycles. The predicted octanol–water partition coefficient (Wildman–Crippen LogP) is 3.49. The predicted molar refractivity (Wildman–Crippen MR) is 125 cm³/mol. The number of rotatable bonds is 5. The summed E-state index contributed by atoms with van der Waals surface area (Å²) in [6, 6.07) is 4.81. The largest absolute Gasteiger partial charge is 0.381 e. The van der Waals surface area contributed by atoms with E-state index in [2.05, 4.69) is 27.3 Å². The molecule has 2 saturated heterocycles. The van der Waals surface area contributed by atoms with Gasteiger partial charge in [0.05, 0.1) is 21.4 Å². The number of hydrogen-bond donors (Lipinski definition) is 1. The van der Waals surface area contributed by atoms with E-state index in [-0.39, 0.29) is 22.7 Å². The van der Waals surface area contributed by atoms with Crippen LogP contribution < -0.4 is 5.32 Å². The first-order valence-corrected chi connectivity index (χ1v) is 11.8. The monoisotopic (exact) mass is 466 g/mol. The van der Waals surface area contributed by atoms with Gasteiger partial charge in [-0.2, -0.15) is 0 Å². The van der Waals surface area contributed by atoms with Gasteiger partial charge in [-0.05, 0) is 66.5 Å². The number of likely N-dealkylation sites (tertiary alicyclic amines) is 1. The van der Waals surface area contributed by atoms with Crippen molar-refractivity contribution >= 4 is 21.5 Å². The second-order valence-corrected chi connectivity index (χ2v) is 10.3. The van der Waals surface area contributed by atoms with Gasteiger partial charge in [0.25, 0.3) is 0 Å². The first-order valence-electron chi connectivity index (χ1n) is 11.8. The fourth-order valence-corrected chi connectivity index (χ4v) is 5.83. The smallest absolute Gasteiger partial charge is 0.168 e. The number of nitrogens with zero attached hydrogens (tertiary/aromatic N) is 3. The Bertz CT molecular complexity index is 1040. The van der Waals surface area contributed by atoms with Crippen LogP contribution in [0.3, 0.4) is 0 Å². The number of anilines is 1. The molecule has 3 atom stereocenters. The minimum absolute atomic E-state index is 0.0734. The van der Waals surface area contributed by atoms with E-state index >= 15 is 0 Å². The van der Waals surface area contributed by atoms with Gasteiger partial charge in [0.15, 0.2) is 11.6 Å². The van der Waals surface area contributed by atoms with Crippen molar-refractivity contribution in [3.63, 3.8) is 0 Å². The lowest BCUT2D eigenvalue weighted by molar-refractivity contribution is -0.0164. The van der Waals surface area contributed by atoms with E-state index < -0.39 is 22.8 Å². The summed E-state index contributed by atoms with van der Waals surface area (Å²) < 4.78 is 46.6. The van der Waals surface area contributed by atoms with Gasteiger partial charge in [-0.3, -0.25) is 0 Å². The molecule has 34 heavy (non-hydrogen) atoms. The number of halogens is 3. The molecule has 0 spiro atoms. The zero-order valence-corrected chi connectivity index (χ0v) is 19.2. The number of nitrogens with one attached hydrogen (secondary N) is 1. The first-order chi connectivity index (χ1) is 16.2. The van der Waals surface area contributed by atoms with Crippen LogP contribution in [0, 0.1) is 34.7 Å². The van der Waals surface area contributed by atoms with Crippen molar-refractivity contribution in [1.82, 2.24) is 15.1 Å². The second kappa shape index (κ2) is 8.86. The minimum atomic E-state index is -1.25. The fourth-order valence-electron chi connectivity index (χ4n) is 5.83. The van der Waals surface area contributed by atoms with Crippen molar-refractivity contribution in [2.45, 2.75) is 44.0 Å². The Morgan fingerprint density at radius 1 is 1.06 bits per heavy atom. The van der Waals surface area contributed by atoms with Crippen LogP contribution in [0.4, 0.5) is 19.0 Å². The highest BCUT2D eigenvalue weighted by Crippen LogP contribution is 2.47. The van der Waals surface area contributed by atoms with Gasteiger partial charge in [-0.1, -0.05) is 6.92 Å². The van der Waals surface area contributed by atoms with E-state index in [1.54, 1.807) is 6.07 Å². The molecule has 4 radical (unpaired) electrons. The number of aromatic nitrogens is 2. The third-order valence-corrected chi connectivity index (χ3v) is 8.12. The Labute approximate surface area is 200 Å². The van der Waals surface area contributed by atoms with Crippen LogP contribution in [0.1, 0.15) is 32.6 Å². The van der Waals surface area contributed by atoms with Crippen molar-refractivity contribution in [3.05, 3.63) is 41.7 Å². The molecule has 3 fully saturated rings. The van der Waals surface area contributed by atoms with E-state index in [4.69, 9.17) is 20.4 Å². The third kappa shape index (κ3) is 4.24. The first kappa shape index (κ1) is 23.7. The SMILES string of the molecule is [B]C([B])(N1C[C@H]2CC(Nc3ccc(-c4cc(F)cc(F)c4F)nn3)C[C@H]2C1)C1(C)CCOCC1. The summed E-state index contributed by atoms with van der Waals surface area (Å²) in [6.45, 7) is 5.28. The Hall–Kier alpha value is -2.06. The van der Waals surface area contributed by atoms with Crippen LogP contribution >= 0.6 is 0 Å². The molecule has 0 amide bonds. The van der Waals surface area contributed by atoms with Crippen LogP contribution in [-0.4, -0.2) is 68.5 Å². The Morgan fingerprint density at radius 2 is 1.74 bits per heavy atom. The molecule has 1 unspecified atom stereocenters. The van der Waals surface area contributed by atoms with Crippen molar-refractivity contribution < 1.29 is 17.9 Å². The summed E-state index contributed by atoms with van der Waals surface area (Å²) in [7, 11) is 13.4. The average Bonchev–Trinajstić information content (AvgIpc) is 3.36. The van der Waals surface area contributed by atoms with Crippen LogP contribution in [-0.2, 0) is 4.74 Å². The van der Waals surface area contributed by atoms with Gasteiger partial charge in [0.1, 0.15) is 11.6 Å². The fraction of sp³-hybridized carbons (Fsp3) is 0.583. The zero-order valence-electron chi connectivity index (χ0n) is 19.2. The molecule has 1 aliphatic carbocycles. The number of hydrogen-bond acceptors (Lipinski definition) is 5. The topological polar surface area (TPSA) is 50.3 Å². The summed E-state index contributed by atoms with van der Waals surface area (Å²) in [5.41, 5.74) is -0.357. The molecular formula is C24H27B2F3N4O. The summed E-state index contributed by atoms with van der Waals surface area (Å²) in [5.74, 6) is -1.74. The quantitative estimate of drug-likeness (QED) is 0.541. The van der Waals surface area contributed by atoms with Gasteiger partial charge in [0.2, 0.25) is 0 Å². The molecule has 2 aromatic rings. The van der Waals surface area contributed by atoms with Crippen molar-refractivity contribution in [3.8, 4) is 11.3 Å². The number of benzene rings is 1. The Balaban J connectivity index is 1.20. The highest BCUT2D eigenvalue weighted by atomic mass is 19.2. The minimum Gasteiger partial charge on any atom is -0.381 e. The summed E-state index contributed by atoms with van der Waals surface area (Å²) in [5, 5.41) is 10.6. The normalized spacial score (nSPS) is 27.0. The van der Waals surface area contributed by atoms with Gasteiger partial charge in [-0.15, -0.1) is 10.2 Å². The van der Waals surface area contributed by atoms with E-state index in [0.29, 0.717) is 36.9 Å². The lowest BCUT2D eigenvalue weighted by Gasteiger charge is -2.53. The van der Waals surface area contributed by atoms with E-state index in [1.807, 2.05) is 0 Å². The molecule has 1 aromatic carbocycles. The van der Waals surface area contributed by atoms with Gasteiger partial charge < -0.3 is 15.0 Å². The van der Waals surface area contributed by atoms with E-state index in [0.717, 1.165) is 44.8 Å². The Morgan fingerprint density at radius 3 is 2.35 bits per heavy atom. The standard InChI is InChI=1S/C24H27B2F3N4O/c1-23(4-6-34-7-5-23)24(25,26)33-12-14-8-17(9-15(14)13-33)30-21-3-2-20(31-32-21)18-10-16(27)11-19(28)22(18)29/h2-3,10-11,14-15,17H,4-9,12-13H2,1H3,(H,30,32)/t14-,15+,17?. The average molecular weight is 466 g/mol. The molecular weight excluding hydrogens is 439 g/mol. The van der Waals surface area contributed by atoms with Crippen molar-refractivity contribution in [2.24, 2.45) is 17.3 Å². The zero-order chi connectivity index (χ0) is 24.1. The van der Waals surface area contributed by atoms with Crippen LogP contribution in [0.2, 0.25) is 0 Å². The lowest BCUT2D eigenvalue weighted by atomic mass is 9.45. The van der Waals surface area contributed by atoms with Gasteiger partial charge in [-0.25, -0.2) is 13.2 Å². The molecule has 1 N–H and O–H groups in total. The van der Waals surface area contributed by atoms with Crippen LogP contribution in [0.25, 0.3) is 11.3 Å². The lowest BCUT2D eigenvalue weighted by Crippen LogP contribution is -2.61. The second-order valence-electron chi connectivity index (χ2n) is 10.3. The molecule has 10 heteroatoms. The molecule has 1 aromatic heterocycles. The summed E-state index contributed by atoms with van der Waals surface area (Å²) >= 11 is 0. The van der Waals surface area contributed by atoms with Gasteiger partial charge >= 0.3 is 0 Å². The molecule has 1 saturated carbocycles. The van der Waals surface area contributed by atoms with Crippen molar-refractivity contribution in [1.29, 1.82) is 0 Å². The number of fused-ring (bicyclic) bond motifs is 1. The molecule has 5 rings (SSSR count). The highest BCUT2D eigenvalue weighted by molar-refractivity contribution is 6.40. The van der Waals surface area contributed by atoms with Crippen LogP contribution in [0.15, 0.2) is 24.3 Å². The highest BCUT2D eigenvalue weighted by Gasteiger charge is 2.50. The van der Waals surface area contributed by atoms with Crippen molar-refractivity contribution in [2.75, 3.05) is 31.6 Å². The molecule has 3 aliphatic rings. The maximum absolute atomic E-state index is 14.0. The molecule has 176 valence electrons.